The summed E-state index contributed by atoms with van der Waals surface area (Å²) in [5.74, 6) is 0.360. The second-order valence-electron chi connectivity index (χ2n) is 10.6. The molecule has 4 aliphatic rings. The Morgan fingerprint density at radius 1 is 0.703 bits per heavy atom. The van der Waals surface area contributed by atoms with Crippen LogP contribution in [-0.4, -0.2) is 0 Å². The molecule has 37 heavy (non-hydrogen) atoms. The van der Waals surface area contributed by atoms with E-state index in [1.807, 2.05) is 0 Å². The fraction of sp³-hybridized carbons (Fsp3) is 0.176. The fourth-order valence-electron chi connectivity index (χ4n) is 7.07. The fourth-order valence-corrected chi connectivity index (χ4v) is 23.7. The summed E-state index contributed by atoms with van der Waals surface area (Å²) in [6.07, 6.45) is 17.1. The molecule has 3 aromatic carbocycles. The van der Waals surface area contributed by atoms with Crippen LogP contribution in [-0.2, 0) is 20.3 Å². The molecular weight excluding hydrogens is 571 g/mol. The van der Waals surface area contributed by atoms with Crippen LogP contribution in [0, 0.1) is 0 Å². The Balaban J connectivity index is 0.00000140. The Morgan fingerprint density at radius 2 is 1.43 bits per heavy atom. The van der Waals surface area contributed by atoms with Gasteiger partial charge < -0.3 is 24.8 Å². The summed E-state index contributed by atoms with van der Waals surface area (Å²) in [7, 11) is 0. The van der Waals surface area contributed by atoms with E-state index in [1.54, 1.807) is 22.3 Å². The van der Waals surface area contributed by atoms with Gasteiger partial charge in [0.2, 0.25) is 0 Å². The van der Waals surface area contributed by atoms with Crippen LogP contribution in [0.25, 0.3) is 17.2 Å². The second-order valence-corrected chi connectivity index (χ2v) is 22.1. The van der Waals surface area contributed by atoms with Crippen molar-refractivity contribution in [3.63, 3.8) is 0 Å². The van der Waals surface area contributed by atoms with Gasteiger partial charge >= 0.3 is 215 Å². The first-order valence-corrected chi connectivity index (χ1v) is 19.3. The zero-order valence-electron chi connectivity index (χ0n) is 20.9. The summed E-state index contributed by atoms with van der Waals surface area (Å²) in [6, 6.07) is 29.0. The van der Waals surface area contributed by atoms with Crippen LogP contribution in [0.3, 0.4) is 0 Å². The maximum absolute atomic E-state index is 2.61. The van der Waals surface area contributed by atoms with Crippen LogP contribution in [0.5, 0.6) is 0 Å². The van der Waals surface area contributed by atoms with Crippen molar-refractivity contribution < 1.29 is 45.1 Å². The molecule has 0 nitrogen and oxygen atoms in total. The predicted molar refractivity (Wildman–Crippen MR) is 145 cm³/mol. The number of allylic oxidation sites excluding steroid dienone is 9. The largest absolute Gasteiger partial charge is 1.00 e. The number of hydrogen-bond donors (Lipinski definition) is 0. The van der Waals surface area contributed by atoms with Crippen LogP contribution >= 0.6 is 0 Å². The second kappa shape index (κ2) is 10.5. The average molecular weight is 601 g/mol. The molecule has 0 aromatic heterocycles. The van der Waals surface area contributed by atoms with Crippen molar-refractivity contribution in [1.29, 1.82) is 0 Å². The summed E-state index contributed by atoms with van der Waals surface area (Å²) >= 11 is -2.53. The van der Waals surface area contributed by atoms with E-state index in [1.165, 1.54) is 30.5 Å². The standard InChI is InChI=1S/C17H15.C15H11.C2H4.2ClH.Zr/c1-13-11-15-9-5-6-10-16(17(15)12-13)14-7-3-2-4-8-14;1-2-6-12(7-3-1)14-10-4-8-13-9-5-11-15(13)14;1-2;;;/h2-12,16H,1H3;1-11H;1-2H2;2*1H;/q;;;;;+2/p-2. The Bertz CT molecular complexity index is 1460. The van der Waals surface area contributed by atoms with Crippen LogP contribution in [0.4, 0.5) is 0 Å². The normalized spacial score (nSPS) is 23.1. The van der Waals surface area contributed by atoms with Gasteiger partial charge in [0.25, 0.3) is 0 Å². The van der Waals surface area contributed by atoms with Gasteiger partial charge in [0.1, 0.15) is 0 Å². The minimum absolute atomic E-state index is 0. The van der Waals surface area contributed by atoms with Crippen molar-refractivity contribution in [2.24, 2.45) is 0 Å². The zero-order chi connectivity index (χ0) is 23.4. The molecule has 3 heteroatoms. The first-order chi connectivity index (χ1) is 17.3. The summed E-state index contributed by atoms with van der Waals surface area (Å²) in [5.41, 5.74) is 12.0. The number of halogens is 2. The van der Waals surface area contributed by atoms with E-state index in [-0.39, 0.29) is 24.8 Å². The van der Waals surface area contributed by atoms with E-state index in [0.717, 1.165) is 0 Å². The van der Waals surface area contributed by atoms with Gasteiger partial charge in [-0.25, -0.2) is 0 Å². The first-order valence-electron chi connectivity index (χ1n) is 12.9. The predicted octanol–water partition coefficient (Wildman–Crippen LogP) is 3.39. The molecule has 0 N–H and O–H groups in total. The zero-order valence-corrected chi connectivity index (χ0v) is 24.9. The van der Waals surface area contributed by atoms with Gasteiger partial charge in [-0.15, -0.1) is 0 Å². The van der Waals surface area contributed by atoms with E-state index in [2.05, 4.69) is 128 Å². The molecule has 0 spiro atoms. The van der Waals surface area contributed by atoms with Crippen molar-refractivity contribution in [3.8, 4) is 11.1 Å². The van der Waals surface area contributed by atoms with Crippen molar-refractivity contribution in [2.75, 3.05) is 0 Å². The Hall–Kier alpha value is -2.18. The van der Waals surface area contributed by atoms with E-state index in [0.29, 0.717) is 13.2 Å². The molecule has 1 fully saturated rings. The quantitative estimate of drug-likeness (QED) is 0.431. The third-order valence-electron chi connectivity index (χ3n) is 8.70. The molecule has 1 heterocycles. The Labute approximate surface area is 237 Å². The van der Waals surface area contributed by atoms with Gasteiger partial charge in [0, 0.05) is 0 Å². The van der Waals surface area contributed by atoms with E-state index < -0.39 is 20.3 Å². The molecule has 184 valence electrons. The molecule has 1 aliphatic heterocycles. The smallest absolute Gasteiger partial charge is 1.00 e. The first kappa shape index (κ1) is 26.4. The Morgan fingerprint density at radius 3 is 2.16 bits per heavy atom. The SMILES string of the molecule is CC1=CC2=C(C=CC=CC2c2ccccc2)[CH]1[Zr+2]1([CH]2C=Cc3c(-c4ccccc4)cccc32)[CH2][CH2]1.[Cl-].[Cl-]. The molecule has 3 aromatic rings. The molecule has 0 bridgehead atoms. The average Bonchev–Trinajstić information content (AvgIpc) is 3.52. The van der Waals surface area contributed by atoms with Crippen molar-refractivity contribution >= 4 is 6.08 Å². The summed E-state index contributed by atoms with van der Waals surface area (Å²) in [6.45, 7) is 2.43. The monoisotopic (exact) mass is 598 g/mol. The summed E-state index contributed by atoms with van der Waals surface area (Å²) in [5, 5.41) is 0. The number of benzene rings is 3. The molecule has 3 aliphatic carbocycles. The number of fused-ring (bicyclic) bond motifs is 1. The van der Waals surface area contributed by atoms with Crippen LogP contribution in [0.2, 0.25) is 11.9 Å². The molecule has 1 saturated heterocycles. The van der Waals surface area contributed by atoms with Gasteiger partial charge in [-0.3, -0.25) is 0 Å². The third kappa shape index (κ3) is 4.34. The Kier molecular flexibility index (Phi) is 7.52. The molecule has 7 rings (SSSR count). The molecule has 3 unspecified atom stereocenters. The molecule has 0 radical (unpaired) electrons. The van der Waals surface area contributed by atoms with Gasteiger partial charge in [-0.05, 0) is 0 Å². The maximum Gasteiger partial charge on any atom is -1.00 e. The summed E-state index contributed by atoms with van der Waals surface area (Å²) < 4.78 is 4.39. The van der Waals surface area contributed by atoms with Crippen molar-refractivity contribution in [3.05, 3.63) is 149 Å². The van der Waals surface area contributed by atoms with Crippen LogP contribution in [0.1, 0.15) is 33.2 Å². The molecule has 0 amide bonds. The molecular formula is C34H30Cl2Zr. The van der Waals surface area contributed by atoms with Gasteiger partial charge in [-0.1, -0.05) is 0 Å². The maximum atomic E-state index is 2.61. The van der Waals surface area contributed by atoms with Crippen LogP contribution in [0.15, 0.2) is 132 Å². The van der Waals surface area contributed by atoms with Crippen molar-refractivity contribution in [1.82, 2.24) is 0 Å². The van der Waals surface area contributed by atoms with Crippen LogP contribution < -0.4 is 24.8 Å². The topological polar surface area (TPSA) is 0 Å². The summed E-state index contributed by atoms with van der Waals surface area (Å²) in [4.78, 5) is 0. The number of hydrogen-bond acceptors (Lipinski definition) is 0. The van der Waals surface area contributed by atoms with Gasteiger partial charge in [0.15, 0.2) is 0 Å². The van der Waals surface area contributed by atoms with E-state index in [4.69, 9.17) is 0 Å². The third-order valence-corrected chi connectivity index (χ3v) is 21.8. The van der Waals surface area contributed by atoms with Gasteiger partial charge in [-0.2, -0.15) is 0 Å². The molecule has 3 atom stereocenters. The number of rotatable bonds is 4. The van der Waals surface area contributed by atoms with E-state index in [9.17, 15) is 0 Å². The van der Waals surface area contributed by atoms with Crippen molar-refractivity contribution in [2.45, 2.75) is 28.4 Å². The van der Waals surface area contributed by atoms with Gasteiger partial charge in [0.05, 0.1) is 0 Å². The van der Waals surface area contributed by atoms with E-state index >= 15 is 0 Å². The minimum Gasteiger partial charge on any atom is -1.00 e. The minimum atomic E-state index is -2.53. The molecule has 0 saturated carbocycles.